The SMILES string of the molecule is COc1cccc(CCNC(=O)CCN(C(C)=O)C(C)C)c1. The zero-order valence-corrected chi connectivity index (χ0v) is 13.9. The summed E-state index contributed by atoms with van der Waals surface area (Å²) in [7, 11) is 1.64. The number of benzene rings is 1. The Balaban J connectivity index is 2.32. The molecular formula is C17H26N2O3. The normalized spacial score (nSPS) is 10.4. The van der Waals surface area contributed by atoms with Gasteiger partial charge in [-0.2, -0.15) is 0 Å². The predicted molar refractivity (Wildman–Crippen MR) is 86.8 cm³/mol. The van der Waals surface area contributed by atoms with Crippen LogP contribution in [-0.2, 0) is 16.0 Å². The smallest absolute Gasteiger partial charge is 0.221 e. The van der Waals surface area contributed by atoms with Crippen molar-refractivity contribution in [2.45, 2.75) is 39.7 Å². The Hall–Kier alpha value is -2.04. The molecule has 5 heteroatoms. The molecule has 0 spiro atoms. The molecule has 0 atom stereocenters. The Morgan fingerprint density at radius 3 is 2.64 bits per heavy atom. The number of rotatable bonds is 8. The van der Waals surface area contributed by atoms with E-state index in [1.807, 2.05) is 38.1 Å². The van der Waals surface area contributed by atoms with Crippen LogP contribution in [0.3, 0.4) is 0 Å². The molecule has 0 aliphatic heterocycles. The molecule has 2 amide bonds. The molecule has 0 saturated carbocycles. The van der Waals surface area contributed by atoms with Crippen LogP contribution in [0.5, 0.6) is 5.75 Å². The average molecular weight is 306 g/mol. The van der Waals surface area contributed by atoms with Gasteiger partial charge in [-0.1, -0.05) is 12.1 Å². The van der Waals surface area contributed by atoms with Crippen LogP contribution in [0.2, 0.25) is 0 Å². The van der Waals surface area contributed by atoms with E-state index in [1.54, 1.807) is 12.0 Å². The minimum atomic E-state index is -0.0326. The van der Waals surface area contributed by atoms with Gasteiger partial charge in [0.25, 0.3) is 0 Å². The van der Waals surface area contributed by atoms with Gasteiger partial charge in [-0.3, -0.25) is 9.59 Å². The molecule has 1 N–H and O–H groups in total. The number of hydrogen-bond donors (Lipinski definition) is 1. The highest BCUT2D eigenvalue weighted by Crippen LogP contribution is 2.12. The fraction of sp³-hybridized carbons (Fsp3) is 0.529. The lowest BCUT2D eigenvalue weighted by Gasteiger charge is -2.24. The number of carbonyl (C=O) groups excluding carboxylic acids is 2. The number of hydrogen-bond acceptors (Lipinski definition) is 3. The van der Waals surface area contributed by atoms with Gasteiger partial charge in [0.15, 0.2) is 0 Å². The van der Waals surface area contributed by atoms with Crippen molar-refractivity contribution in [1.29, 1.82) is 0 Å². The molecule has 0 aromatic heterocycles. The Morgan fingerprint density at radius 1 is 1.32 bits per heavy atom. The summed E-state index contributed by atoms with van der Waals surface area (Å²) >= 11 is 0. The molecule has 0 fully saturated rings. The van der Waals surface area contributed by atoms with Gasteiger partial charge < -0.3 is 15.0 Å². The van der Waals surface area contributed by atoms with Gasteiger partial charge in [0.2, 0.25) is 11.8 Å². The summed E-state index contributed by atoms with van der Waals surface area (Å²) in [5.74, 6) is 0.784. The van der Waals surface area contributed by atoms with Crippen LogP contribution in [-0.4, -0.2) is 43.0 Å². The predicted octanol–water partition coefficient (Wildman–Crippen LogP) is 2.00. The van der Waals surface area contributed by atoms with Crippen LogP contribution in [0.1, 0.15) is 32.8 Å². The first-order chi connectivity index (χ1) is 10.4. The summed E-state index contributed by atoms with van der Waals surface area (Å²) in [6, 6.07) is 7.91. The first-order valence-electron chi connectivity index (χ1n) is 7.61. The average Bonchev–Trinajstić information content (AvgIpc) is 2.47. The van der Waals surface area contributed by atoms with Crippen LogP contribution in [0.15, 0.2) is 24.3 Å². The van der Waals surface area contributed by atoms with E-state index in [9.17, 15) is 9.59 Å². The van der Waals surface area contributed by atoms with E-state index in [-0.39, 0.29) is 17.9 Å². The molecule has 122 valence electrons. The number of ether oxygens (including phenoxy) is 1. The number of nitrogens with one attached hydrogen (secondary N) is 1. The maximum absolute atomic E-state index is 11.8. The Labute approximate surface area is 132 Å². The second-order valence-electron chi connectivity index (χ2n) is 5.51. The van der Waals surface area contributed by atoms with Gasteiger partial charge in [-0.25, -0.2) is 0 Å². The zero-order chi connectivity index (χ0) is 16.5. The Bertz CT molecular complexity index is 500. The highest BCUT2D eigenvalue weighted by molar-refractivity contribution is 5.78. The molecule has 22 heavy (non-hydrogen) atoms. The van der Waals surface area contributed by atoms with Gasteiger partial charge in [0.1, 0.15) is 5.75 Å². The summed E-state index contributed by atoms with van der Waals surface area (Å²) in [4.78, 5) is 25.0. The van der Waals surface area contributed by atoms with Crippen molar-refractivity contribution < 1.29 is 14.3 Å². The largest absolute Gasteiger partial charge is 0.497 e. The summed E-state index contributed by atoms with van der Waals surface area (Å²) in [5.41, 5.74) is 1.12. The molecule has 1 aromatic rings. The lowest BCUT2D eigenvalue weighted by Crippen LogP contribution is -2.38. The number of carbonyl (C=O) groups is 2. The van der Waals surface area contributed by atoms with Gasteiger partial charge in [0.05, 0.1) is 7.11 Å². The third-order valence-electron chi connectivity index (χ3n) is 3.48. The van der Waals surface area contributed by atoms with E-state index >= 15 is 0 Å². The van der Waals surface area contributed by atoms with Crippen LogP contribution in [0.25, 0.3) is 0 Å². The first kappa shape index (κ1) is 18.0. The monoisotopic (exact) mass is 306 g/mol. The van der Waals surface area contributed by atoms with Crippen LogP contribution >= 0.6 is 0 Å². The van der Waals surface area contributed by atoms with Crippen molar-refractivity contribution in [3.63, 3.8) is 0 Å². The lowest BCUT2D eigenvalue weighted by atomic mass is 10.1. The van der Waals surface area contributed by atoms with Gasteiger partial charge in [0, 0.05) is 32.5 Å². The first-order valence-corrected chi connectivity index (χ1v) is 7.61. The van der Waals surface area contributed by atoms with E-state index in [4.69, 9.17) is 4.74 Å². The molecule has 5 nitrogen and oxygen atoms in total. The number of amides is 2. The fourth-order valence-electron chi connectivity index (χ4n) is 2.26. The molecule has 0 heterocycles. The molecular weight excluding hydrogens is 280 g/mol. The lowest BCUT2D eigenvalue weighted by molar-refractivity contribution is -0.131. The van der Waals surface area contributed by atoms with Crippen LogP contribution < -0.4 is 10.1 Å². The number of nitrogens with zero attached hydrogens (tertiary/aromatic N) is 1. The van der Waals surface area contributed by atoms with E-state index < -0.39 is 0 Å². The topological polar surface area (TPSA) is 58.6 Å². The molecule has 0 bridgehead atoms. The highest BCUT2D eigenvalue weighted by Gasteiger charge is 2.13. The molecule has 0 saturated heterocycles. The zero-order valence-electron chi connectivity index (χ0n) is 13.9. The molecule has 0 unspecified atom stereocenters. The number of methoxy groups -OCH3 is 1. The van der Waals surface area contributed by atoms with Crippen molar-refractivity contribution in [2.24, 2.45) is 0 Å². The van der Waals surface area contributed by atoms with Crippen LogP contribution in [0.4, 0.5) is 0 Å². The van der Waals surface area contributed by atoms with Gasteiger partial charge in [-0.15, -0.1) is 0 Å². The van der Waals surface area contributed by atoms with Crippen molar-refractivity contribution in [3.8, 4) is 5.75 Å². The van der Waals surface area contributed by atoms with E-state index in [2.05, 4.69) is 5.32 Å². The second-order valence-corrected chi connectivity index (χ2v) is 5.51. The minimum absolute atomic E-state index is 0.000759. The third-order valence-corrected chi connectivity index (χ3v) is 3.48. The maximum atomic E-state index is 11.8. The van der Waals surface area contributed by atoms with Crippen molar-refractivity contribution in [2.75, 3.05) is 20.2 Å². The Morgan fingerprint density at radius 2 is 2.05 bits per heavy atom. The van der Waals surface area contributed by atoms with Crippen molar-refractivity contribution in [3.05, 3.63) is 29.8 Å². The second kappa shape index (κ2) is 9.07. The molecule has 0 aliphatic carbocycles. The van der Waals surface area contributed by atoms with Crippen molar-refractivity contribution in [1.82, 2.24) is 10.2 Å². The maximum Gasteiger partial charge on any atom is 0.221 e. The van der Waals surface area contributed by atoms with E-state index in [0.717, 1.165) is 17.7 Å². The summed E-state index contributed by atoms with van der Waals surface area (Å²) < 4.78 is 5.17. The van der Waals surface area contributed by atoms with Crippen molar-refractivity contribution >= 4 is 11.8 Å². The molecule has 1 rings (SSSR count). The van der Waals surface area contributed by atoms with Gasteiger partial charge >= 0.3 is 0 Å². The quantitative estimate of drug-likeness (QED) is 0.799. The third kappa shape index (κ3) is 6.16. The summed E-state index contributed by atoms with van der Waals surface area (Å²) in [5, 5.41) is 2.88. The minimum Gasteiger partial charge on any atom is -0.497 e. The Kier molecular flexibility index (Phi) is 7.43. The van der Waals surface area contributed by atoms with E-state index in [1.165, 1.54) is 6.92 Å². The molecule has 0 radical (unpaired) electrons. The van der Waals surface area contributed by atoms with Crippen LogP contribution in [0, 0.1) is 0 Å². The van der Waals surface area contributed by atoms with E-state index in [0.29, 0.717) is 19.5 Å². The summed E-state index contributed by atoms with van der Waals surface area (Å²) in [6.45, 7) is 6.45. The molecule has 0 aliphatic rings. The highest BCUT2D eigenvalue weighted by atomic mass is 16.5. The summed E-state index contributed by atoms with van der Waals surface area (Å²) in [6.07, 6.45) is 1.08. The van der Waals surface area contributed by atoms with Gasteiger partial charge in [-0.05, 0) is 38.0 Å². The fourth-order valence-corrected chi connectivity index (χ4v) is 2.26. The standard InChI is InChI=1S/C17H26N2O3/c1-13(2)19(14(3)20)11-9-17(21)18-10-8-15-6-5-7-16(12-15)22-4/h5-7,12-13H,8-11H2,1-4H3,(H,18,21). The molecule has 1 aromatic carbocycles.